The van der Waals surface area contributed by atoms with Gasteiger partial charge in [0.05, 0.1) is 17.5 Å². The lowest BCUT2D eigenvalue weighted by molar-refractivity contribution is -0.305. The van der Waals surface area contributed by atoms with E-state index in [1.807, 2.05) is 36.9 Å². The third-order valence-corrected chi connectivity index (χ3v) is 7.66. The van der Waals surface area contributed by atoms with E-state index in [4.69, 9.17) is 0 Å². The van der Waals surface area contributed by atoms with Gasteiger partial charge in [-0.15, -0.1) is 0 Å². The van der Waals surface area contributed by atoms with E-state index >= 15 is 0 Å². The number of hydrogen-bond acceptors (Lipinski definition) is 6. The van der Waals surface area contributed by atoms with E-state index in [1.165, 1.54) is 11.8 Å². The molecule has 2 atom stereocenters. The van der Waals surface area contributed by atoms with Crippen LogP contribution in [0.2, 0.25) is 0 Å². The molecule has 0 spiro atoms. The van der Waals surface area contributed by atoms with Gasteiger partial charge < -0.3 is 14.8 Å². The van der Waals surface area contributed by atoms with Gasteiger partial charge in [0.2, 0.25) is 5.91 Å². The molecule has 0 radical (unpaired) electrons. The molecule has 1 aromatic carbocycles. The van der Waals surface area contributed by atoms with Crippen LogP contribution < -0.4 is 10.0 Å². The molecule has 9 heteroatoms. The summed E-state index contributed by atoms with van der Waals surface area (Å²) in [7, 11) is -3.13. The van der Waals surface area contributed by atoms with E-state index in [9.17, 15) is 23.1 Å². The molecule has 0 unspecified atom stereocenters. The van der Waals surface area contributed by atoms with Crippen LogP contribution in [0.5, 0.6) is 0 Å². The van der Waals surface area contributed by atoms with Gasteiger partial charge in [-0.3, -0.25) is 4.79 Å². The largest absolute Gasteiger partial charge is 0.550 e. The number of carbonyl (C=O) groups excluding carboxylic acids is 2. The van der Waals surface area contributed by atoms with E-state index in [-0.39, 0.29) is 35.6 Å². The number of sulfone groups is 1. The Hall–Kier alpha value is -1.87. The monoisotopic (exact) mass is 395 g/mol. The average Bonchev–Trinajstić information content (AvgIpc) is 2.99. The molecular weight excluding hydrogens is 376 g/mol. The Kier molecular flexibility index (Phi) is 5.12. The fourth-order valence-corrected chi connectivity index (χ4v) is 7.12. The maximum absolute atomic E-state index is 12.1. The summed E-state index contributed by atoms with van der Waals surface area (Å²) in [4.78, 5) is 28.5. The zero-order chi connectivity index (χ0) is 19.1. The number of aliphatic carboxylic acids is 1. The van der Waals surface area contributed by atoms with Crippen LogP contribution in [0.25, 0.3) is 0 Å². The number of anilines is 1. The second-order valence-electron chi connectivity index (χ2n) is 6.62. The Morgan fingerprint density at radius 1 is 1.27 bits per heavy atom. The molecule has 2 saturated heterocycles. The number of amidine groups is 1. The predicted molar refractivity (Wildman–Crippen MR) is 98.9 cm³/mol. The zero-order valence-electron chi connectivity index (χ0n) is 14.5. The van der Waals surface area contributed by atoms with Gasteiger partial charge >= 0.3 is 0 Å². The minimum atomic E-state index is -3.13. The first-order chi connectivity index (χ1) is 12.2. The molecule has 1 amide bonds. The minimum Gasteiger partial charge on any atom is -0.550 e. The SMILES string of the molecule is Cc1ccc(C)c(N2C(=NC(=O)CCC(=O)[O-])S[C@@H]3CS(=O)(=O)C[C@@H]32)c1. The van der Waals surface area contributed by atoms with Gasteiger partial charge in [0, 0.05) is 23.3 Å². The maximum atomic E-state index is 12.1. The summed E-state index contributed by atoms with van der Waals surface area (Å²) in [6.45, 7) is 3.86. The Morgan fingerprint density at radius 2 is 2.00 bits per heavy atom. The van der Waals surface area contributed by atoms with Gasteiger partial charge in [0.15, 0.2) is 15.0 Å². The topological polar surface area (TPSA) is 107 Å². The Morgan fingerprint density at radius 3 is 2.69 bits per heavy atom. The third-order valence-electron chi connectivity index (χ3n) is 4.45. The number of benzene rings is 1. The van der Waals surface area contributed by atoms with Crippen LogP contribution in [0.15, 0.2) is 23.2 Å². The molecule has 2 aliphatic heterocycles. The summed E-state index contributed by atoms with van der Waals surface area (Å²) in [5.74, 6) is -1.78. The summed E-state index contributed by atoms with van der Waals surface area (Å²) in [5, 5.41) is 10.8. The third kappa shape index (κ3) is 3.93. The molecule has 0 N–H and O–H groups in total. The molecule has 0 aromatic heterocycles. The molecule has 3 rings (SSSR count). The molecule has 0 bridgehead atoms. The van der Waals surface area contributed by atoms with Crippen molar-refractivity contribution in [2.45, 2.75) is 38.0 Å². The number of amides is 1. The molecule has 2 heterocycles. The van der Waals surface area contributed by atoms with Crippen LogP contribution in [0.1, 0.15) is 24.0 Å². The van der Waals surface area contributed by atoms with Gasteiger partial charge in [0.1, 0.15) is 0 Å². The molecule has 2 aliphatic rings. The number of hydrogen-bond donors (Lipinski definition) is 0. The normalized spacial score (nSPS) is 25.5. The van der Waals surface area contributed by atoms with E-state index in [2.05, 4.69) is 4.99 Å². The standard InChI is InChI=1S/C17H20N2O5S2/c1-10-3-4-11(2)12(7-10)19-13-8-26(23,24)9-14(13)25-17(19)18-15(20)5-6-16(21)22/h3-4,7,13-14H,5-6,8-9H2,1-2H3,(H,21,22)/p-1/t13-,14+/m0/s1. The van der Waals surface area contributed by atoms with Crippen molar-refractivity contribution in [2.24, 2.45) is 4.99 Å². The number of nitrogens with zero attached hydrogens (tertiary/aromatic N) is 2. The molecule has 140 valence electrons. The summed E-state index contributed by atoms with van der Waals surface area (Å²) in [6, 6.07) is 5.58. The quantitative estimate of drug-likeness (QED) is 0.728. The number of thioether (sulfide) groups is 1. The smallest absolute Gasteiger partial charge is 0.248 e. The Balaban J connectivity index is 1.97. The second kappa shape index (κ2) is 7.03. The summed E-state index contributed by atoms with van der Waals surface area (Å²) >= 11 is 1.28. The predicted octanol–water partition coefficient (Wildman–Crippen LogP) is 0.435. The van der Waals surface area contributed by atoms with E-state index in [1.54, 1.807) is 0 Å². The lowest BCUT2D eigenvalue weighted by Gasteiger charge is -2.26. The number of carboxylic acids is 1. The van der Waals surface area contributed by atoms with Gasteiger partial charge in [0.25, 0.3) is 0 Å². The molecule has 0 aliphatic carbocycles. The van der Waals surface area contributed by atoms with Crippen LogP contribution in [-0.2, 0) is 19.4 Å². The molecule has 26 heavy (non-hydrogen) atoms. The molecule has 1 aromatic rings. The molecule has 7 nitrogen and oxygen atoms in total. The number of carboxylic acid groups (broad SMARTS) is 1. The highest BCUT2D eigenvalue weighted by Crippen LogP contribution is 2.42. The highest BCUT2D eigenvalue weighted by atomic mass is 32.2. The van der Waals surface area contributed by atoms with Gasteiger partial charge in [-0.05, 0) is 37.5 Å². The highest BCUT2D eigenvalue weighted by Gasteiger charge is 2.49. The zero-order valence-corrected chi connectivity index (χ0v) is 16.1. The fraction of sp³-hybridized carbons (Fsp3) is 0.471. The van der Waals surface area contributed by atoms with Crippen molar-refractivity contribution >= 4 is 44.3 Å². The van der Waals surface area contributed by atoms with Crippen molar-refractivity contribution in [3.63, 3.8) is 0 Å². The number of fused-ring (bicyclic) bond motifs is 1. The second-order valence-corrected chi connectivity index (χ2v) is 9.98. The van der Waals surface area contributed by atoms with Crippen LogP contribution in [0.3, 0.4) is 0 Å². The fourth-order valence-electron chi connectivity index (χ4n) is 3.20. The maximum Gasteiger partial charge on any atom is 0.248 e. The van der Waals surface area contributed by atoms with Gasteiger partial charge in [-0.1, -0.05) is 23.9 Å². The molecule has 0 saturated carbocycles. The number of rotatable bonds is 4. The van der Waals surface area contributed by atoms with Crippen molar-refractivity contribution in [3.05, 3.63) is 29.3 Å². The van der Waals surface area contributed by atoms with Crippen LogP contribution in [-0.4, -0.2) is 48.3 Å². The summed E-state index contributed by atoms with van der Waals surface area (Å²) < 4.78 is 24.1. The van der Waals surface area contributed by atoms with Crippen molar-refractivity contribution < 1.29 is 23.1 Å². The average molecular weight is 395 g/mol. The Labute approximate surface area is 156 Å². The van der Waals surface area contributed by atoms with Crippen molar-refractivity contribution in [2.75, 3.05) is 16.4 Å². The van der Waals surface area contributed by atoms with E-state index in [0.29, 0.717) is 5.17 Å². The van der Waals surface area contributed by atoms with Crippen molar-refractivity contribution in [1.82, 2.24) is 0 Å². The number of aliphatic imine (C=N–C) groups is 1. The summed E-state index contributed by atoms with van der Waals surface area (Å²) in [5.41, 5.74) is 2.80. The summed E-state index contributed by atoms with van der Waals surface area (Å²) in [6.07, 6.45) is -0.619. The first-order valence-corrected chi connectivity index (χ1v) is 10.9. The van der Waals surface area contributed by atoms with Gasteiger partial charge in [-0.2, -0.15) is 4.99 Å². The Bertz CT molecular complexity index is 894. The van der Waals surface area contributed by atoms with Crippen molar-refractivity contribution in [3.8, 4) is 0 Å². The number of aryl methyl sites for hydroxylation is 2. The minimum absolute atomic E-state index is 0.0182. The van der Waals surface area contributed by atoms with E-state index < -0.39 is 21.7 Å². The van der Waals surface area contributed by atoms with Crippen LogP contribution in [0.4, 0.5) is 5.69 Å². The van der Waals surface area contributed by atoms with Crippen LogP contribution >= 0.6 is 11.8 Å². The lowest BCUT2D eigenvalue weighted by Crippen LogP contribution is -2.38. The lowest BCUT2D eigenvalue weighted by atomic mass is 10.1. The van der Waals surface area contributed by atoms with Crippen molar-refractivity contribution in [1.29, 1.82) is 0 Å². The first-order valence-electron chi connectivity index (χ1n) is 8.21. The van der Waals surface area contributed by atoms with E-state index in [0.717, 1.165) is 16.8 Å². The molecule has 2 fully saturated rings. The highest BCUT2D eigenvalue weighted by molar-refractivity contribution is 8.16. The first kappa shape index (κ1) is 18.9. The van der Waals surface area contributed by atoms with Gasteiger partial charge in [-0.25, -0.2) is 8.42 Å². The number of carbonyl (C=O) groups is 2. The van der Waals surface area contributed by atoms with Crippen LogP contribution in [0, 0.1) is 13.8 Å². The molecular formula is C17H19N2O5S2-.